The molecule has 1 unspecified atom stereocenters. The summed E-state index contributed by atoms with van der Waals surface area (Å²) in [4.78, 5) is 35.5. The van der Waals surface area contributed by atoms with Gasteiger partial charge >= 0.3 is 5.97 Å². The third-order valence-electron chi connectivity index (χ3n) is 3.96. The van der Waals surface area contributed by atoms with Gasteiger partial charge in [0.2, 0.25) is 5.91 Å². The van der Waals surface area contributed by atoms with Gasteiger partial charge in [-0.1, -0.05) is 37.3 Å². The number of hydrogen-bond donors (Lipinski definition) is 3. The molecule has 6 heteroatoms. The fourth-order valence-electron chi connectivity index (χ4n) is 2.59. The predicted molar refractivity (Wildman–Crippen MR) is 94.3 cm³/mol. The zero-order valence-electron chi connectivity index (χ0n) is 14.1. The van der Waals surface area contributed by atoms with Crippen LogP contribution < -0.4 is 10.6 Å². The molecule has 0 spiro atoms. The molecular weight excluding hydrogens is 320 g/mol. The quantitative estimate of drug-likeness (QED) is 0.753. The number of hydrogen-bond acceptors (Lipinski definition) is 3. The van der Waals surface area contributed by atoms with Gasteiger partial charge in [0.25, 0.3) is 5.91 Å². The van der Waals surface area contributed by atoms with Gasteiger partial charge in [0, 0.05) is 18.2 Å². The first-order valence-electron chi connectivity index (χ1n) is 7.88. The average molecular weight is 340 g/mol. The monoisotopic (exact) mass is 340 g/mol. The zero-order valence-corrected chi connectivity index (χ0v) is 14.1. The number of nitrogens with one attached hydrogen (secondary N) is 2. The second-order valence-corrected chi connectivity index (χ2v) is 5.64. The van der Waals surface area contributed by atoms with Gasteiger partial charge in [-0.05, 0) is 36.2 Å². The van der Waals surface area contributed by atoms with E-state index in [9.17, 15) is 19.5 Å². The number of carbonyl (C=O) groups excluding carboxylic acids is 2. The highest BCUT2D eigenvalue weighted by Gasteiger charge is 2.40. The number of benzene rings is 2. The van der Waals surface area contributed by atoms with Crippen molar-refractivity contribution < 1.29 is 19.5 Å². The lowest BCUT2D eigenvalue weighted by Crippen LogP contribution is -2.51. The van der Waals surface area contributed by atoms with E-state index >= 15 is 0 Å². The van der Waals surface area contributed by atoms with Crippen LogP contribution in [0.5, 0.6) is 0 Å². The van der Waals surface area contributed by atoms with Crippen LogP contribution in [0, 0.1) is 0 Å². The van der Waals surface area contributed by atoms with Crippen LogP contribution in [0.4, 0.5) is 5.69 Å². The fourth-order valence-corrected chi connectivity index (χ4v) is 2.59. The van der Waals surface area contributed by atoms with E-state index in [2.05, 4.69) is 10.6 Å². The molecule has 0 heterocycles. The van der Waals surface area contributed by atoms with Crippen LogP contribution in [0.1, 0.15) is 36.2 Å². The predicted octanol–water partition coefficient (Wildman–Crippen LogP) is 2.76. The molecule has 0 aromatic heterocycles. The van der Waals surface area contributed by atoms with Gasteiger partial charge in [0.1, 0.15) is 0 Å². The molecule has 0 saturated heterocycles. The van der Waals surface area contributed by atoms with Gasteiger partial charge in [-0.2, -0.15) is 0 Å². The van der Waals surface area contributed by atoms with Crippen LogP contribution in [0.2, 0.25) is 0 Å². The number of amides is 2. The molecule has 0 aliphatic rings. The van der Waals surface area contributed by atoms with Crippen molar-refractivity contribution in [2.45, 2.75) is 25.8 Å². The Bertz CT molecular complexity index is 772. The zero-order chi connectivity index (χ0) is 18.4. The Kier molecular flexibility index (Phi) is 5.54. The molecule has 2 amide bonds. The van der Waals surface area contributed by atoms with Crippen LogP contribution in [0.25, 0.3) is 0 Å². The normalized spacial score (nSPS) is 12.7. The van der Waals surface area contributed by atoms with Gasteiger partial charge in [-0.3, -0.25) is 9.59 Å². The van der Waals surface area contributed by atoms with Crippen LogP contribution in [0.15, 0.2) is 54.6 Å². The van der Waals surface area contributed by atoms with Crippen molar-refractivity contribution in [3.05, 3.63) is 65.7 Å². The molecule has 0 saturated carbocycles. The Morgan fingerprint density at radius 2 is 1.60 bits per heavy atom. The summed E-state index contributed by atoms with van der Waals surface area (Å²) in [7, 11) is 0. The molecular formula is C19H20N2O4. The molecule has 6 nitrogen and oxygen atoms in total. The van der Waals surface area contributed by atoms with Crippen molar-refractivity contribution in [2.75, 3.05) is 5.32 Å². The van der Waals surface area contributed by atoms with E-state index in [4.69, 9.17) is 0 Å². The summed E-state index contributed by atoms with van der Waals surface area (Å²) >= 11 is 0. The van der Waals surface area contributed by atoms with Crippen molar-refractivity contribution in [3.8, 4) is 0 Å². The molecule has 2 aromatic rings. The number of carboxylic acid groups (broad SMARTS) is 1. The van der Waals surface area contributed by atoms with Gasteiger partial charge < -0.3 is 15.7 Å². The van der Waals surface area contributed by atoms with Crippen molar-refractivity contribution in [2.24, 2.45) is 0 Å². The van der Waals surface area contributed by atoms with Gasteiger partial charge in [-0.25, -0.2) is 4.79 Å². The van der Waals surface area contributed by atoms with E-state index in [1.54, 1.807) is 49.4 Å². The topological polar surface area (TPSA) is 95.5 Å². The summed E-state index contributed by atoms with van der Waals surface area (Å²) in [5.41, 5.74) is -0.126. The number of rotatable bonds is 6. The minimum absolute atomic E-state index is 0.196. The third kappa shape index (κ3) is 4.03. The number of carbonyl (C=O) groups is 3. The number of carboxylic acids is 1. The molecule has 0 aliphatic carbocycles. The first kappa shape index (κ1) is 18.2. The molecule has 130 valence electrons. The minimum atomic E-state index is -1.51. The lowest BCUT2D eigenvalue weighted by Gasteiger charge is -2.30. The number of aliphatic carboxylic acids is 1. The summed E-state index contributed by atoms with van der Waals surface area (Å²) in [6.07, 6.45) is 0.196. The fraction of sp³-hybridized carbons (Fsp3) is 0.211. The summed E-state index contributed by atoms with van der Waals surface area (Å²) in [5.74, 6) is -1.83. The van der Waals surface area contributed by atoms with E-state index in [1.165, 1.54) is 19.1 Å². The van der Waals surface area contributed by atoms with E-state index in [1.807, 2.05) is 0 Å². The van der Waals surface area contributed by atoms with Crippen LogP contribution in [-0.4, -0.2) is 22.9 Å². The molecule has 0 bridgehead atoms. The maximum atomic E-state index is 12.6. The Labute approximate surface area is 145 Å². The standard InChI is InChI=1S/C19H20N2O4/c1-3-19(18(24)25,15-7-5-4-6-8-15)21-17(23)14-9-11-16(12-10-14)20-13(2)22/h4-12H,3H2,1-2H3,(H,20,22)(H,21,23)(H,24,25). The summed E-state index contributed by atoms with van der Waals surface area (Å²) < 4.78 is 0. The van der Waals surface area contributed by atoms with Crippen molar-refractivity contribution >= 4 is 23.5 Å². The molecule has 0 fully saturated rings. The van der Waals surface area contributed by atoms with Crippen molar-refractivity contribution in [1.82, 2.24) is 5.32 Å². The average Bonchev–Trinajstić information content (AvgIpc) is 2.60. The van der Waals surface area contributed by atoms with Crippen molar-refractivity contribution in [3.63, 3.8) is 0 Å². The van der Waals surface area contributed by atoms with E-state index in [0.717, 1.165) is 0 Å². The van der Waals surface area contributed by atoms with Gasteiger partial charge in [0.05, 0.1) is 0 Å². The summed E-state index contributed by atoms with van der Waals surface area (Å²) in [6.45, 7) is 3.10. The van der Waals surface area contributed by atoms with Crippen LogP contribution in [-0.2, 0) is 15.1 Å². The summed E-state index contributed by atoms with van der Waals surface area (Å²) in [6, 6.07) is 14.9. The Morgan fingerprint density at radius 1 is 1.00 bits per heavy atom. The maximum Gasteiger partial charge on any atom is 0.334 e. The van der Waals surface area contributed by atoms with E-state index < -0.39 is 17.4 Å². The molecule has 0 aliphatic heterocycles. The number of anilines is 1. The van der Waals surface area contributed by atoms with Crippen LogP contribution in [0.3, 0.4) is 0 Å². The van der Waals surface area contributed by atoms with E-state index in [0.29, 0.717) is 16.8 Å². The largest absolute Gasteiger partial charge is 0.479 e. The Hall–Kier alpha value is -3.15. The van der Waals surface area contributed by atoms with Crippen molar-refractivity contribution in [1.29, 1.82) is 0 Å². The highest BCUT2D eigenvalue weighted by Crippen LogP contribution is 2.26. The highest BCUT2D eigenvalue weighted by molar-refractivity contribution is 5.99. The lowest BCUT2D eigenvalue weighted by molar-refractivity contribution is -0.145. The first-order chi connectivity index (χ1) is 11.9. The molecule has 2 aromatic carbocycles. The molecule has 3 N–H and O–H groups in total. The minimum Gasteiger partial charge on any atom is -0.479 e. The molecule has 25 heavy (non-hydrogen) atoms. The molecule has 2 rings (SSSR count). The molecule has 1 atom stereocenters. The third-order valence-corrected chi connectivity index (χ3v) is 3.96. The Morgan fingerprint density at radius 3 is 2.08 bits per heavy atom. The van der Waals surface area contributed by atoms with Crippen LogP contribution >= 0.6 is 0 Å². The maximum absolute atomic E-state index is 12.6. The van der Waals surface area contributed by atoms with Gasteiger partial charge in [-0.15, -0.1) is 0 Å². The summed E-state index contributed by atoms with van der Waals surface area (Å²) in [5, 5.41) is 15.0. The smallest absolute Gasteiger partial charge is 0.334 e. The lowest BCUT2D eigenvalue weighted by atomic mass is 9.87. The Balaban J connectivity index is 2.28. The molecule has 0 radical (unpaired) electrons. The highest BCUT2D eigenvalue weighted by atomic mass is 16.4. The van der Waals surface area contributed by atoms with Gasteiger partial charge in [0.15, 0.2) is 5.54 Å². The first-order valence-corrected chi connectivity index (χ1v) is 7.88. The SMILES string of the molecule is CCC(NC(=O)c1ccc(NC(C)=O)cc1)(C(=O)O)c1ccccc1. The second-order valence-electron chi connectivity index (χ2n) is 5.64. The van der Waals surface area contributed by atoms with E-state index in [-0.39, 0.29) is 12.3 Å². The second kappa shape index (κ2) is 7.61.